The summed E-state index contributed by atoms with van der Waals surface area (Å²) >= 11 is 6.20. The molecule has 2 aromatic rings. The van der Waals surface area contributed by atoms with E-state index in [0.29, 0.717) is 23.5 Å². The average molecular weight is 434 g/mol. The molecule has 4 rings (SSSR count). The summed E-state index contributed by atoms with van der Waals surface area (Å²) in [7, 11) is -3.17. The summed E-state index contributed by atoms with van der Waals surface area (Å²) < 4.78 is 29.1. The monoisotopic (exact) mass is 433 g/mol. The van der Waals surface area contributed by atoms with Gasteiger partial charge in [-0.1, -0.05) is 17.7 Å². The molecule has 0 radical (unpaired) electrons. The van der Waals surface area contributed by atoms with Crippen molar-refractivity contribution in [1.82, 2.24) is 4.90 Å². The number of halogens is 1. The third-order valence-electron chi connectivity index (χ3n) is 6.18. The van der Waals surface area contributed by atoms with Gasteiger partial charge >= 0.3 is 0 Å². The van der Waals surface area contributed by atoms with Crippen LogP contribution < -0.4 is 4.74 Å². The smallest absolute Gasteiger partial charge is 0.175 e. The highest BCUT2D eigenvalue weighted by Gasteiger charge is 2.29. The molecule has 0 amide bonds. The summed E-state index contributed by atoms with van der Waals surface area (Å²) in [6.45, 7) is 2.88. The molecule has 1 aliphatic heterocycles. The van der Waals surface area contributed by atoms with Gasteiger partial charge in [0.15, 0.2) is 9.84 Å². The number of hydrogen-bond donors (Lipinski definition) is 0. The van der Waals surface area contributed by atoms with Crippen molar-refractivity contribution in [3.05, 3.63) is 58.6 Å². The van der Waals surface area contributed by atoms with E-state index in [1.54, 1.807) is 24.3 Å². The van der Waals surface area contributed by atoms with E-state index < -0.39 is 9.84 Å². The lowest BCUT2D eigenvalue weighted by Crippen LogP contribution is -2.46. The second kappa shape index (κ2) is 8.66. The Morgan fingerprint density at radius 3 is 2.66 bits per heavy atom. The standard InChI is InChI=1S/C23H28ClNO3S/c1-29(26,27)23-10-8-22(9-11-23)28-16-17-3-2-12-25(15-17)21-7-5-18-4-6-20(24)13-19(18)14-21/h4,6,8-11,13,17,21H,2-3,5,7,12,14-16H2,1H3/t17-,21-/m1/s1. The molecule has 4 nitrogen and oxygen atoms in total. The van der Waals surface area contributed by atoms with Gasteiger partial charge in [0.1, 0.15) is 5.75 Å². The molecular weight excluding hydrogens is 406 g/mol. The number of benzene rings is 2. The molecule has 0 spiro atoms. The number of ether oxygens (including phenoxy) is 1. The van der Waals surface area contributed by atoms with Crippen LogP contribution in [0.4, 0.5) is 0 Å². The van der Waals surface area contributed by atoms with E-state index in [1.807, 2.05) is 6.07 Å². The molecule has 1 aliphatic carbocycles. The maximum Gasteiger partial charge on any atom is 0.175 e. The first-order valence-electron chi connectivity index (χ1n) is 10.3. The summed E-state index contributed by atoms with van der Waals surface area (Å²) in [5.41, 5.74) is 2.85. The first-order valence-corrected chi connectivity index (χ1v) is 12.6. The van der Waals surface area contributed by atoms with E-state index in [1.165, 1.54) is 36.6 Å². The van der Waals surface area contributed by atoms with Crippen LogP contribution in [0.3, 0.4) is 0 Å². The minimum Gasteiger partial charge on any atom is -0.493 e. The number of sulfone groups is 1. The van der Waals surface area contributed by atoms with E-state index >= 15 is 0 Å². The van der Waals surface area contributed by atoms with Crippen LogP contribution in [0.1, 0.15) is 30.4 Å². The SMILES string of the molecule is CS(=O)(=O)c1ccc(OC[C@@H]2CCCN([C@@H]3CCc4ccc(Cl)cc4C3)C2)cc1. The summed E-state index contributed by atoms with van der Waals surface area (Å²) in [6.07, 6.45) is 7.00. The highest BCUT2D eigenvalue weighted by Crippen LogP contribution is 2.30. The molecule has 2 aliphatic rings. The van der Waals surface area contributed by atoms with Crippen LogP contribution in [0.15, 0.2) is 47.4 Å². The molecule has 1 saturated heterocycles. The van der Waals surface area contributed by atoms with Gasteiger partial charge in [-0.15, -0.1) is 0 Å². The minimum atomic E-state index is -3.17. The largest absolute Gasteiger partial charge is 0.493 e. The van der Waals surface area contributed by atoms with E-state index in [9.17, 15) is 8.42 Å². The summed E-state index contributed by atoms with van der Waals surface area (Å²) in [5, 5.41) is 0.830. The number of rotatable bonds is 5. The molecule has 6 heteroatoms. The van der Waals surface area contributed by atoms with Crippen molar-refractivity contribution in [2.45, 2.75) is 43.0 Å². The van der Waals surface area contributed by atoms with Crippen molar-refractivity contribution in [2.24, 2.45) is 5.92 Å². The zero-order valence-corrected chi connectivity index (χ0v) is 18.4. The van der Waals surface area contributed by atoms with E-state index in [-0.39, 0.29) is 0 Å². The molecule has 2 atom stereocenters. The van der Waals surface area contributed by atoms with Crippen LogP contribution in [-0.4, -0.2) is 45.3 Å². The second-order valence-corrected chi connectivity index (χ2v) is 10.8. The molecule has 2 aromatic carbocycles. The van der Waals surface area contributed by atoms with Crippen molar-refractivity contribution in [3.63, 3.8) is 0 Å². The quantitative estimate of drug-likeness (QED) is 0.701. The number of aryl methyl sites for hydroxylation is 1. The predicted octanol–water partition coefficient (Wildman–Crippen LogP) is 4.39. The fraction of sp³-hybridized carbons (Fsp3) is 0.478. The van der Waals surface area contributed by atoms with Gasteiger partial charge in [0, 0.05) is 29.8 Å². The number of fused-ring (bicyclic) bond motifs is 1. The normalized spacial score (nSPS) is 22.8. The first-order chi connectivity index (χ1) is 13.9. The van der Waals surface area contributed by atoms with Gasteiger partial charge in [0.05, 0.1) is 11.5 Å². The number of likely N-dealkylation sites (tertiary alicyclic amines) is 1. The van der Waals surface area contributed by atoms with Crippen LogP contribution in [0.5, 0.6) is 5.75 Å². The van der Waals surface area contributed by atoms with Gasteiger partial charge in [0.2, 0.25) is 0 Å². The van der Waals surface area contributed by atoms with E-state index in [2.05, 4.69) is 17.0 Å². The molecule has 0 saturated carbocycles. The van der Waals surface area contributed by atoms with Crippen molar-refractivity contribution in [3.8, 4) is 5.75 Å². The fourth-order valence-corrected chi connectivity index (χ4v) is 5.41. The Balaban J connectivity index is 1.33. The minimum absolute atomic E-state index is 0.325. The molecule has 156 valence electrons. The van der Waals surface area contributed by atoms with Gasteiger partial charge in [-0.3, -0.25) is 4.90 Å². The molecule has 29 heavy (non-hydrogen) atoms. The molecular formula is C23H28ClNO3S. The Bertz CT molecular complexity index is 959. The highest BCUT2D eigenvalue weighted by molar-refractivity contribution is 7.90. The van der Waals surface area contributed by atoms with E-state index in [0.717, 1.165) is 36.7 Å². The fourth-order valence-electron chi connectivity index (χ4n) is 4.58. The van der Waals surface area contributed by atoms with Gasteiger partial charge in [-0.2, -0.15) is 0 Å². The first kappa shape index (κ1) is 20.7. The lowest BCUT2D eigenvalue weighted by Gasteiger charge is -2.40. The maximum absolute atomic E-state index is 11.6. The Kier molecular flexibility index (Phi) is 6.19. The van der Waals surface area contributed by atoms with Crippen molar-refractivity contribution >= 4 is 21.4 Å². The molecule has 1 heterocycles. The zero-order chi connectivity index (χ0) is 20.4. The van der Waals surface area contributed by atoms with Crippen LogP contribution in [0.2, 0.25) is 5.02 Å². The second-order valence-electron chi connectivity index (χ2n) is 8.37. The van der Waals surface area contributed by atoms with Crippen molar-refractivity contribution in [2.75, 3.05) is 26.0 Å². The van der Waals surface area contributed by atoms with Crippen LogP contribution >= 0.6 is 11.6 Å². The molecule has 0 N–H and O–H groups in total. The Morgan fingerprint density at radius 2 is 1.90 bits per heavy atom. The van der Waals surface area contributed by atoms with Crippen LogP contribution in [-0.2, 0) is 22.7 Å². The van der Waals surface area contributed by atoms with Crippen molar-refractivity contribution < 1.29 is 13.2 Å². The Labute approximate surface area is 178 Å². The molecule has 0 unspecified atom stereocenters. The van der Waals surface area contributed by atoms with Gasteiger partial charge < -0.3 is 4.74 Å². The average Bonchev–Trinajstić information content (AvgIpc) is 2.71. The Hall–Kier alpha value is -1.56. The predicted molar refractivity (Wildman–Crippen MR) is 117 cm³/mol. The third-order valence-corrected chi connectivity index (χ3v) is 7.54. The molecule has 1 fully saturated rings. The van der Waals surface area contributed by atoms with Crippen LogP contribution in [0, 0.1) is 5.92 Å². The molecule has 0 aromatic heterocycles. The van der Waals surface area contributed by atoms with Gasteiger partial charge in [-0.05, 0) is 86.2 Å². The van der Waals surface area contributed by atoms with Gasteiger partial charge in [0.25, 0.3) is 0 Å². The lowest BCUT2D eigenvalue weighted by molar-refractivity contribution is 0.0881. The zero-order valence-electron chi connectivity index (χ0n) is 16.8. The topological polar surface area (TPSA) is 46.6 Å². The maximum atomic E-state index is 11.6. The highest BCUT2D eigenvalue weighted by atomic mass is 35.5. The van der Waals surface area contributed by atoms with E-state index in [4.69, 9.17) is 16.3 Å². The Morgan fingerprint density at radius 1 is 1.10 bits per heavy atom. The summed E-state index contributed by atoms with van der Waals surface area (Å²) in [5.74, 6) is 1.23. The summed E-state index contributed by atoms with van der Waals surface area (Å²) in [4.78, 5) is 2.96. The van der Waals surface area contributed by atoms with Crippen LogP contribution in [0.25, 0.3) is 0 Å². The number of nitrogens with zero attached hydrogens (tertiary/aromatic N) is 1. The third kappa shape index (κ3) is 5.14. The van der Waals surface area contributed by atoms with Gasteiger partial charge in [-0.25, -0.2) is 8.42 Å². The lowest BCUT2D eigenvalue weighted by atomic mass is 9.86. The summed E-state index contributed by atoms with van der Waals surface area (Å²) in [6, 6.07) is 13.6. The number of piperidine rings is 1. The molecule has 0 bridgehead atoms. The number of hydrogen-bond acceptors (Lipinski definition) is 4. The van der Waals surface area contributed by atoms with Crippen molar-refractivity contribution in [1.29, 1.82) is 0 Å².